The average Bonchev–Trinajstić information content (AvgIpc) is 2.65. The molecule has 3 unspecified atom stereocenters. The van der Waals surface area contributed by atoms with Gasteiger partial charge in [0.1, 0.15) is 0 Å². The lowest BCUT2D eigenvalue weighted by molar-refractivity contribution is -0.352. The van der Waals surface area contributed by atoms with Crippen molar-refractivity contribution < 1.29 is 9.47 Å². The maximum atomic E-state index is 5.86. The topological polar surface area (TPSA) is 30.5 Å². The van der Waals surface area contributed by atoms with E-state index in [-0.39, 0.29) is 5.79 Å². The van der Waals surface area contributed by atoms with Crippen LogP contribution in [0.15, 0.2) is 0 Å². The summed E-state index contributed by atoms with van der Waals surface area (Å²) in [6, 6.07) is 0. The Labute approximate surface area is 77.8 Å². The third kappa shape index (κ3) is 0.551. The van der Waals surface area contributed by atoms with Gasteiger partial charge < -0.3 is 14.8 Å². The van der Waals surface area contributed by atoms with Crippen LogP contribution < -0.4 is 5.32 Å². The van der Waals surface area contributed by atoms with E-state index >= 15 is 0 Å². The molecule has 2 aliphatic heterocycles. The summed E-state index contributed by atoms with van der Waals surface area (Å²) in [5.41, 5.74) is 0.449. The van der Waals surface area contributed by atoms with Crippen molar-refractivity contribution in [1.29, 1.82) is 0 Å². The largest absolute Gasteiger partial charge is 0.347 e. The van der Waals surface area contributed by atoms with Crippen LogP contribution >= 0.6 is 0 Å². The Morgan fingerprint density at radius 2 is 2.00 bits per heavy atom. The number of rotatable bonds is 0. The minimum atomic E-state index is -0.137. The second kappa shape index (κ2) is 1.95. The van der Waals surface area contributed by atoms with E-state index in [1.165, 1.54) is 19.3 Å². The molecule has 0 aromatic heterocycles. The third-order valence-electron chi connectivity index (χ3n) is 4.67. The van der Waals surface area contributed by atoms with Crippen molar-refractivity contribution in [3.05, 3.63) is 0 Å². The van der Waals surface area contributed by atoms with Crippen LogP contribution in [0.2, 0.25) is 0 Å². The lowest BCUT2D eigenvalue weighted by Gasteiger charge is -2.70. The van der Waals surface area contributed by atoms with Gasteiger partial charge in [-0.15, -0.1) is 0 Å². The van der Waals surface area contributed by atoms with Crippen molar-refractivity contribution in [3.63, 3.8) is 0 Å². The maximum Gasteiger partial charge on any atom is 0.178 e. The molecule has 0 amide bonds. The van der Waals surface area contributed by atoms with Crippen LogP contribution in [0.5, 0.6) is 0 Å². The summed E-state index contributed by atoms with van der Waals surface area (Å²) in [5, 5.41) is 3.61. The molecule has 0 aromatic rings. The zero-order chi connectivity index (χ0) is 8.52. The molecule has 2 heterocycles. The number of nitrogens with one attached hydrogen (secondary N) is 1. The highest BCUT2D eigenvalue weighted by atomic mass is 16.7. The first kappa shape index (κ1) is 7.21. The second-order valence-corrected chi connectivity index (χ2v) is 4.84. The van der Waals surface area contributed by atoms with Crippen LogP contribution in [0.4, 0.5) is 0 Å². The summed E-state index contributed by atoms with van der Waals surface area (Å²) < 4.78 is 11.7. The van der Waals surface area contributed by atoms with E-state index in [2.05, 4.69) is 5.32 Å². The van der Waals surface area contributed by atoms with E-state index in [0.717, 1.165) is 19.8 Å². The standard InChI is InChI=1S/C10H15NO2/c1-2-7-9(3-1)8(6-11-9)10(7)12-4-5-13-10/h7-8,11H,1-6H2. The van der Waals surface area contributed by atoms with E-state index in [0.29, 0.717) is 17.4 Å². The lowest BCUT2D eigenvalue weighted by atomic mass is 9.50. The van der Waals surface area contributed by atoms with E-state index in [1.807, 2.05) is 0 Å². The molecular formula is C10H15NO2. The van der Waals surface area contributed by atoms with Gasteiger partial charge in [0, 0.05) is 23.9 Å². The van der Waals surface area contributed by atoms with Gasteiger partial charge in [0.25, 0.3) is 0 Å². The highest BCUT2D eigenvalue weighted by molar-refractivity contribution is 5.28. The lowest BCUT2D eigenvalue weighted by Crippen LogP contribution is -2.86. The molecule has 2 aliphatic carbocycles. The zero-order valence-corrected chi connectivity index (χ0v) is 7.71. The van der Waals surface area contributed by atoms with Crippen LogP contribution in [0.25, 0.3) is 0 Å². The Kier molecular flexibility index (Phi) is 1.08. The first-order valence-electron chi connectivity index (χ1n) is 5.41. The quantitative estimate of drug-likeness (QED) is 0.590. The van der Waals surface area contributed by atoms with Crippen LogP contribution in [0.3, 0.4) is 0 Å². The molecule has 0 bridgehead atoms. The van der Waals surface area contributed by atoms with E-state index in [9.17, 15) is 0 Å². The first-order valence-corrected chi connectivity index (χ1v) is 5.41. The number of hydrogen-bond donors (Lipinski definition) is 1. The number of fused-ring (bicyclic) bond motifs is 2. The molecule has 0 aromatic carbocycles. The highest BCUT2D eigenvalue weighted by Gasteiger charge is 2.79. The van der Waals surface area contributed by atoms with Gasteiger partial charge >= 0.3 is 0 Å². The van der Waals surface area contributed by atoms with E-state index < -0.39 is 0 Å². The van der Waals surface area contributed by atoms with Crippen molar-refractivity contribution in [3.8, 4) is 0 Å². The van der Waals surface area contributed by atoms with Crippen molar-refractivity contribution >= 4 is 0 Å². The van der Waals surface area contributed by atoms with Gasteiger partial charge in [0.05, 0.1) is 13.2 Å². The van der Waals surface area contributed by atoms with Crippen molar-refractivity contribution in [2.24, 2.45) is 11.8 Å². The molecule has 0 radical (unpaired) electrons. The van der Waals surface area contributed by atoms with Crippen LogP contribution in [0.1, 0.15) is 19.3 Å². The summed E-state index contributed by atoms with van der Waals surface area (Å²) in [5.74, 6) is 1.18. The van der Waals surface area contributed by atoms with Gasteiger partial charge in [0.2, 0.25) is 0 Å². The molecule has 2 saturated heterocycles. The molecule has 2 saturated carbocycles. The SMILES string of the molecule is C1CC2C3(C1)NCC3C21OCCO1. The minimum absolute atomic E-state index is 0.137. The molecule has 13 heavy (non-hydrogen) atoms. The molecule has 4 aliphatic rings. The Hall–Kier alpha value is -0.120. The predicted molar refractivity (Wildman–Crippen MR) is 46.2 cm³/mol. The summed E-state index contributed by atoms with van der Waals surface area (Å²) in [7, 11) is 0. The smallest absolute Gasteiger partial charge is 0.178 e. The minimum Gasteiger partial charge on any atom is -0.347 e. The first-order chi connectivity index (χ1) is 6.39. The van der Waals surface area contributed by atoms with Gasteiger partial charge in [0.15, 0.2) is 5.79 Å². The highest BCUT2D eigenvalue weighted by Crippen LogP contribution is 2.67. The van der Waals surface area contributed by atoms with Crippen LogP contribution in [-0.2, 0) is 9.47 Å². The fourth-order valence-electron chi connectivity index (χ4n) is 4.18. The molecule has 3 heteroatoms. The number of piperidine rings is 1. The summed E-state index contributed by atoms with van der Waals surface area (Å²) in [4.78, 5) is 0. The molecule has 4 rings (SSSR count). The molecule has 2 spiro atoms. The van der Waals surface area contributed by atoms with Crippen molar-refractivity contribution in [2.75, 3.05) is 19.8 Å². The molecule has 3 nitrogen and oxygen atoms in total. The predicted octanol–water partition coefficient (Wildman–Crippen LogP) is 0.501. The molecule has 1 N–H and O–H groups in total. The Bertz CT molecular complexity index is 262. The van der Waals surface area contributed by atoms with E-state index in [1.54, 1.807) is 0 Å². The van der Waals surface area contributed by atoms with Crippen molar-refractivity contribution in [1.82, 2.24) is 5.32 Å². The van der Waals surface area contributed by atoms with E-state index in [4.69, 9.17) is 9.47 Å². The van der Waals surface area contributed by atoms with Crippen LogP contribution in [-0.4, -0.2) is 31.1 Å². The molecular weight excluding hydrogens is 166 g/mol. The average molecular weight is 181 g/mol. The Balaban J connectivity index is 1.74. The number of ether oxygens (including phenoxy) is 2. The fourth-order valence-corrected chi connectivity index (χ4v) is 4.18. The summed E-state index contributed by atoms with van der Waals surface area (Å²) in [6.45, 7) is 2.72. The van der Waals surface area contributed by atoms with Gasteiger partial charge in [-0.2, -0.15) is 0 Å². The van der Waals surface area contributed by atoms with Gasteiger partial charge in [-0.3, -0.25) is 0 Å². The summed E-state index contributed by atoms with van der Waals surface area (Å²) in [6.07, 6.45) is 3.99. The Morgan fingerprint density at radius 3 is 2.69 bits per heavy atom. The van der Waals surface area contributed by atoms with Gasteiger partial charge in [-0.05, 0) is 12.8 Å². The normalized spacial score (nSPS) is 55.4. The fraction of sp³-hybridized carbons (Fsp3) is 1.00. The Morgan fingerprint density at radius 1 is 1.15 bits per heavy atom. The zero-order valence-electron chi connectivity index (χ0n) is 7.71. The molecule has 3 atom stereocenters. The molecule has 4 fully saturated rings. The molecule has 72 valence electrons. The summed E-state index contributed by atoms with van der Waals surface area (Å²) >= 11 is 0. The van der Waals surface area contributed by atoms with Gasteiger partial charge in [-0.25, -0.2) is 0 Å². The van der Waals surface area contributed by atoms with Gasteiger partial charge in [-0.1, -0.05) is 6.42 Å². The third-order valence-corrected chi connectivity index (χ3v) is 4.67. The monoisotopic (exact) mass is 181 g/mol. The maximum absolute atomic E-state index is 5.86. The van der Waals surface area contributed by atoms with Crippen LogP contribution in [0, 0.1) is 11.8 Å². The number of hydrogen-bond acceptors (Lipinski definition) is 3. The second-order valence-electron chi connectivity index (χ2n) is 4.84. The van der Waals surface area contributed by atoms with Crippen molar-refractivity contribution in [2.45, 2.75) is 30.6 Å².